The highest BCUT2D eigenvalue weighted by molar-refractivity contribution is 5.69. The molecule has 0 spiro atoms. The lowest BCUT2D eigenvalue weighted by atomic mass is 10.1. The first kappa shape index (κ1) is 48.5. The van der Waals surface area contributed by atoms with E-state index in [4.69, 9.17) is 18.9 Å². The van der Waals surface area contributed by atoms with Crippen molar-refractivity contribution in [1.82, 2.24) is 4.90 Å². The quantitative estimate of drug-likeness (QED) is 0.0290. The molecule has 296 valence electrons. The summed E-state index contributed by atoms with van der Waals surface area (Å²) in [5.41, 5.74) is 0. The van der Waals surface area contributed by atoms with Gasteiger partial charge in [0.25, 0.3) is 0 Å². The van der Waals surface area contributed by atoms with Crippen LogP contribution in [0.5, 0.6) is 0 Å². The van der Waals surface area contributed by atoms with E-state index in [-0.39, 0.29) is 24.8 Å². The molecule has 0 aromatic heterocycles. The predicted octanol–water partition coefficient (Wildman–Crippen LogP) is 10.5. The third kappa shape index (κ3) is 36.3. The first-order chi connectivity index (χ1) is 24.6. The van der Waals surface area contributed by atoms with Crippen LogP contribution in [0.2, 0.25) is 0 Å². The van der Waals surface area contributed by atoms with Crippen LogP contribution in [-0.2, 0) is 28.5 Å². The molecular formula is C42H81NO7. The van der Waals surface area contributed by atoms with Gasteiger partial charge in [0.1, 0.15) is 6.61 Å². The van der Waals surface area contributed by atoms with Gasteiger partial charge in [-0.1, -0.05) is 136 Å². The number of carbonyl (C=O) groups excluding carboxylic acids is 2. The average Bonchev–Trinajstić information content (AvgIpc) is 3.11. The highest BCUT2D eigenvalue weighted by Gasteiger charge is 2.14. The minimum absolute atomic E-state index is 0.101. The summed E-state index contributed by atoms with van der Waals surface area (Å²) in [6.07, 6.45) is 31.2. The van der Waals surface area contributed by atoms with Crippen LogP contribution in [0, 0.1) is 0 Å². The van der Waals surface area contributed by atoms with Crippen molar-refractivity contribution in [2.75, 3.05) is 52.7 Å². The van der Waals surface area contributed by atoms with Crippen molar-refractivity contribution < 1.29 is 33.6 Å². The topological polar surface area (TPSA) is 94.5 Å². The van der Waals surface area contributed by atoms with Crippen LogP contribution < -0.4 is 0 Å². The molecule has 0 fully saturated rings. The van der Waals surface area contributed by atoms with Crippen LogP contribution in [0.15, 0.2) is 12.2 Å². The first-order valence-electron chi connectivity index (χ1n) is 21.1. The van der Waals surface area contributed by atoms with E-state index in [1.807, 2.05) is 6.08 Å². The number of allylic oxidation sites excluding steroid dienone is 1. The highest BCUT2D eigenvalue weighted by Crippen LogP contribution is 2.13. The van der Waals surface area contributed by atoms with E-state index < -0.39 is 0 Å². The smallest absolute Gasteiger partial charge is 0.306 e. The summed E-state index contributed by atoms with van der Waals surface area (Å²) >= 11 is 0. The summed E-state index contributed by atoms with van der Waals surface area (Å²) < 4.78 is 22.9. The molecule has 0 aromatic rings. The second-order valence-corrected chi connectivity index (χ2v) is 13.9. The third-order valence-electron chi connectivity index (χ3n) is 9.05. The highest BCUT2D eigenvalue weighted by atomic mass is 16.7. The number of rotatable bonds is 40. The molecule has 0 aliphatic rings. The molecule has 0 bridgehead atoms. The van der Waals surface area contributed by atoms with Crippen LogP contribution >= 0.6 is 0 Å². The Bertz CT molecular complexity index is 730. The van der Waals surface area contributed by atoms with Gasteiger partial charge in [-0.25, -0.2) is 0 Å². The van der Waals surface area contributed by atoms with E-state index in [0.29, 0.717) is 52.2 Å². The lowest BCUT2D eigenvalue weighted by Gasteiger charge is -2.21. The van der Waals surface area contributed by atoms with Gasteiger partial charge in [0.2, 0.25) is 0 Å². The second-order valence-electron chi connectivity index (χ2n) is 13.9. The van der Waals surface area contributed by atoms with Gasteiger partial charge in [0.15, 0.2) is 6.29 Å². The Labute approximate surface area is 308 Å². The van der Waals surface area contributed by atoms with Crippen molar-refractivity contribution in [2.24, 2.45) is 0 Å². The minimum atomic E-state index is -0.325. The number of ether oxygens (including phenoxy) is 4. The van der Waals surface area contributed by atoms with Gasteiger partial charge in [-0.2, -0.15) is 0 Å². The molecule has 0 aliphatic carbocycles. The number of aliphatic hydroxyl groups excluding tert-OH is 1. The molecule has 0 aromatic carbocycles. The first-order valence-corrected chi connectivity index (χ1v) is 21.1. The Hall–Kier alpha value is -1.48. The largest absolute Gasteiger partial charge is 0.466 e. The number of carbonyl (C=O) groups is 2. The van der Waals surface area contributed by atoms with Crippen molar-refractivity contribution in [1.29, 1.82) is 0 Å². The van der Waals surface area contributed by atoms with Gasteiger partial charge in [0.05, 0.1) is 19.6 Å². The van der Waals surface area contributed by atoms with Crippen LogP contribution in [0.1, 0.15) is 188 Å². The molecule has 0 aliphatic heterocycles. The van der Waals surface area contributed by atoms with Gasteiger partial charge >= 0.3 is 11.9 Å². The van der Waals surface area contributed by atoms with Gasteiger partial charge < -0.3 is 29.0 Å². The lowest BCUT2D eigenvalue weighted by molar-refractivity contribution is -0.159. The maximum atomic E-state index is 12.4. The number of esters is 2. The zero-order valence-corrected chi connectivity index (χ0v) is 33.1. The fourth-order valence-electron chi connectivity index (χ4n) is 5.87. The van der Waals surface area contributed by atoms with E-state index in [1.54, 1.807) is 0 Å². The number of unbranched alkanes of at least 4 members (excludes halogenated alkanes) is 18. The normalized spacial score (nSPS) is 11.7. The van der Waals surface area contributed by atoms with E-state index >= 15 is 0 Å². The Kier molecular flexibility index (Phi) is 39.1. The van der Waals surface area contributed by atoms with Crippen molar-refractivity contribution in [3.63, 3.8) is 0 Å². The summed E-state index contributed by atoms with van der Waals surface area (Å²) in [5.74, 6) is -0.263. The maximum Gasteiger partial charge on any atom is 0.306 e. The van der Waals surface area contributed by atoms with E-state index in [2.05, 4.69) is 31.7 Å². The number of nitrogens with zero attached hydrogens (tertiary/aromatic N) is 1. The molecule has 8 heteroatoms. The number of hydrogen-bond acceptors (Lipinski definition) is 8. The van der Waals surface area contributed by atoms with Crippen molar-refractivity contribution in [2.45, 2.75) is 194 Å². The average molecular weight is 712 g/mol. The Morgan fingerprint density at radius 3 is 1.60 bits per heavy atom. The zero-order chi connectivity index (χ0) is 36.6. The molecule has 0 amide bonds. The second kappa shape index (κ2) is 40.3. The van der Waals surface area contributed by atoms with Crippen LogP contribution in [-0.4, -0.2) is 80.9 Å². The summed E-state index contributed by atoms with van der Waals surface area (Å²) in [7, 11) is 0. The molecule has 0 heterocycles. The monoisotopic (exact) mass is 712 g/mol. The van der Waals surface area contributed by atoms with Gasteiger partial charge in [-0.3, -0.25) is 9.59 Å². The lowest BCUT2D eigenvalue weighted by Crippen LogP contribution is -2.29. The Morgan fingerprint density at radius 1 is 0.540 bits per heavy atom. The summed E-state index contributed by atoms with van der Waals surface area (Å²) in [6.45, 7) is 11.7. The molecule has 0 saturated heterocycles. The molecule has 8 nitrogen and oxygen atoms in total. The number of aliphatic hydroxyl groups is 1. The van der Waals surface area contributed by atoms with Gasteiger partial charge in [0, 0.05) is 32.6 Å². The van der Waals surface area contributed by atoms with Crippen molar-refractivity contribution in [3.8, 4) is 0 Å². The zero-order valence-electron chi connectivity index (χ0n) is 33.1. The molecular weight excluding hydrogens is 630 g/mol. The number of hydrogen-bond donors (Lipinski definition) is 1. The third-order valence-corrected chi connectivity index (χ3v) is 9.05. The van der Waals surface area contributed by atoms with Crippen molar-refractivity contribution in [3.05, 3.63) is 12.2 Å². The van der Waals surface area contributed by atoms with Crippen LogP contribution in [0.3, 0.4) is 0 Å². The minimum Gasteiger partial charge on any atom is -0.466 e. The standard InChI is InChI=1S/C42H81NO7/c1-4-7-10-13-19-27-38-49-42(50-39-28-20-14-11-8-5-2)31-30-41(46)48-37-26-21-18-24-33-43(34-35-44)32-23-17-15-16-22-29-40(45)47-36-25-12-9-6-3/h12,25,42,44H,4-11,13-24,26-39H2,1-3H3/b25-12+. The Morgan fingerprint density at radius 2 is 1.04 bits per heavy atom. The molecule has 0 rings (SSSR count). The molecule has 0 atom stereocenters. The maximum absolute atomic E-state index is 12.4. The van der Waals surface area contributed by atoms with Crippen LogP contribution in [0.25, 0.3) is 0 Å². The predicted molar refractivity (Wildman–Crippen MR) is 207 cm³/mol. The molecule has 0 unspecified atom stereocenters. The fraction of sp³-hybridized carbons (Fsp3) is 0.905. The molecule has 0 radical (unpaired) electrons. The van der Waals surface area contributed by atoms with E-state index in [9.17, 15) is 14.7 Å². The molecule has 50 heavy (non-hydrogen) atoms. The fourth-order valence-corrected chi connectivity index (χ4v) is 5.87. The summed E-state index contributed by atoms with van der Waals surface area (Å²) in [6, 6.07) is 0. The molecule has 0 saturated carbocycles. The Balaban J connectivity index is 4.02. The van der Waals surface area contributed by atoms with Gasteiger partial charge in [-0.05, 0) is 58.0 Å². The summed E-state index contributed by atoms with van der Waals surface area (Å²) in [4.78, 5) is 26.6. The molecule has 1 N–H and O–H groups in total. The van der Waals surface area contributed by atoms with Crippen molar-refractivity contribution >= 4 is 11.9 Å². The van der Waals surface area contributed by atoms with Crippen LogP contribution in [0.4, 0.5) is 0 Å². The van der Waals surface area contributed by atoms with E-state index in [0.717, 1.165) is 96.6 Å². The SMILES string of the molecule is CCC/C=C/COC(=O)CCCCCCCN(CCO)CCCCCCOC(=O)CCC(OCCCCCCCC)OCCCCCCCC. The van der Waals surface area contributed by atoms with E-state index in [1.165, 1.54) is 64.2 Å². The summed E-state index contributed by atoms with van der Waals surface area (Å²) in [5, 5.41) is 9.49. The van der Waals surface area contributed by atoms with Gasteiger partial charge in [-0.15, -0.1) is 0 Å².